The van der Waals surface area contributed by atoms with Gasteiger partial charge in [-0.1, -0.05) is 0 Å². The number of hydrogen-bond acceptors (Lipinski definition) is 8. The van der Waals surface area contributed by atoms with Crippen LogP contribution in [0.4, 0.5) is 5.69 Å². The Labute approximate surface area is 334 Å². The molecule has 0 atom stereocenters. The smallest absolute Gasteiger partial charge is 0.215 e. The fraction of sp³-hybridized carbons (Fsp3) is 0.537. The number of rotatable bonds is 24. The minimum Gasteiger partial charge on any atom is -0.726 e. The molecule has 0 radical (unpaired) electrons. The van der Waals surface area contributed by atoms with Crippen molar-refractivity contribution in [1.82, 2.24) is 0 Å². The van der Waals surface area contributed by atoms with Gasteiger partial charge in [0.2, 0.25) is 10.4 Å². The third-order valence-corrected chi connectivity index (χ3v) is 14.0. The molecular weight excluding hydrogens is 838 g/mol. The summed E-state index contributed by atoms with van der Waals surface area (Å²) in [7, 11) is -1.98. The molecule has 0 saturated carbocycles. The SMILES string of the molecule is COC(=O)CCCCCCCCCCN1/C(=C/C=C/c2[se]c3ccccc3[n+]2CCCCCCCCCCC(=O)OC)[Se]c2ccccc21.O=S(=O)([O-])O. The van der Waals surface area contributed by atoms with Gasteiger partial charge in [-0.2, -0.15) is 0 Å². The Kier molecular flexibility index (Phi) is 22.1. The van der Waals surface area contributed by atoms with Gasteiger partial charge in [0.1, 0.15) is 0 Å². The number of aromatic nitrogens is 1. The molecule has 1 N–H and O–H groups in total. The predicted octanol–water partition coefficient (Wildman–Crippen LogP) is 7.26. The van der Waals surface area contributed by atoms with Crippen molar-refractivity contribution in [3.63, 3.8) is 0 Å². The molecule has 0 amide bonds. The Hall–Kier alpha value is -2.76. The van der Waals surface area contributed by atoms with Crippen LogP contribution < -0.4 is 13.9 Å². The Morgan fingerprint density at radius 3 is 1.85 bits per heavy atom. The van der Waals surface area contributed by atoms with E-state index in [2.05, 4.69) is 76.2 Å². The third kappa shape index (κ3) is 18.2. The number of carbonyl (C=O) groups is 2. The van der Waals surface area contributed by atoms with E-state index in [1.807, 2.05) is 0 Å². The summed E-state index contributed by atoms with van der Waals surface area (Å²) in [5, 5.41) is 0. The van der Waals surface area contributed by atoms with E-state index in [1.165, 1.54) is 120 Å². The first kappa shape index (κ1) is 45.6. The number of ether oxygens (including phenoxy) is 2. The van der Waals surface area contributed by atoms with Crippen LogP contribution in [0, 0.1) is 0 Å². The quantitative estimate of drug-likeness (QED) is 0.0246. The molecule has 3 aromatic rings. The topological polar surface area (TPSA) is 137 Å². The van der Waals surface area contributed by atoms with Gasteiger partial charge in [0.15, 0.2) is 0 Å². The van der Waals surface area contributed by atoms with Gasteiger partial charge >= 0.3 is 275 Å². The van der Waals surface area contributed by atoms with Gasteiger partial charge in [0, 0.05) is 0 Å². The third-order valence-electron chi connectivity index (χ3n) is 9.23. The number of unbranched alkanes of at least 4 members (excludes halogenated alkanes) is 14. The Morgan fingerprint density at radius 1 is 0.759 bits per heavy atom. The number of allylic oxidation sites excluding steroid dienone is 2. The number of para-hydroxylation sites is 2. The average molecular weight is 897 g/mol. The van der Waals surface area contributed by atoms with Crippen molar-refractivity contribution in [3.8, 4) is 0 Å². The predicted molar refractivity (Wildman–Crippen MR) is 217 cm³/mol. The largest absolute Gasteiger partial charge is 0.726 e. The molecule has 2 aromatic carbocycles. The van der Waals surface area contributed by atoms with Gasteiger partial charge in [-0.25, -0.2) is 8.42 Å². The number of benzene rings is 2. The van der Waals surface area contributed by atoms with Crippen LogP contribution >= 0.6 is 0 Å². The fourth-order valence-corrected chi connectivity index (χ4v) is 11.1. The summed E-state index contributed by atoms with van der Waals surface area (Å²) in [6, 6.07) is 18.0. The number of hydrogen-bond donors (Lipinski definition) is 1. The molecule has 4 rings (SSSR count). The number of carbonyl (C=O) groups excluding carboxylic acids is 2. The van der Waals surface area contributed by atoms with E-state index < -0.39 is 10.4 Å². The normalized spacial score (nSPS) is 13.3. The Bertz CT molecular complexity index is 1730. The van der Waals surface area contributed by atoms with Crippen molar-refractivity contribution < 1.29 is 41.2 Å². The minimum atomic E-state index is -4.92. The molecule has 0 aliphatic carbocycles. The van der Waals surface area contributed by atoms with Crippen LogP contribution in [0.5, 0.6) is 0 Å². The van der Waals surface area contributed by atoms with Gasteiger partial charge in [-0.15, -0.1) is 0 Å². The molecule has 0 spiro atoms. The van der Waals surface area contributed by atoms with Crippen LogP contribution in [0.25, 0.3) is 15.9 Å². The number of aryl methyl sites for hydroxylation is 1. The summed E-state index contributed by atoms with van der Waals surface area (Å²) < 4.78 is 50.8. The molecular formula is C41H58N2O8SSe2. The van der Waals surface area contributed by atoms with E-state index >= 15 is 0 Å². The van der Waals surface area contributed by atoms with Crippen LogP contribution in [-0.2, 0) is 36.0 Å². The van der Waals surface area contributed by atoms with E-state index in [9.17, 15) is 9.59 Å². The summed E-state index contributed by atoms with van der Waals surface area (Å²) in [4.78, 5) is 25.1. The molecule has 2 heterocycles. The van der Waals surface area contributed by atoms with E-state index in [-0.39, 0.29) is 11.9 Å². The summed E-state index contributed by atoms with van der Waals surface area (Å²) in [5.74, 6) is -0.175. The molecule has 0 bridgehead atoms. The van der Waals surface area contributed by atoms with Crippen molar-refractivity contribution >= 4 is 77.8 Å². The second-order valence-electron chi connectivity index (χ2n) is 13.4. The van der Waals surface area contributed by atoms with Crippen LogP contribution in [0.1, 0.15) is 120 Å². The van der Waals surface area contributed by atoms with Gasteiger partial charge in [0.25, 0.3) is 0 Å². The van der Waals surface area contributed by atoms with Crippen LogP contribution in [0.15, 0.2) is 65.3 Å². The molecule has 1 aromatic heterocycles. The zero-order valence-electron chi connectivity index (χ0n) is 31.9. The van der Waals surface area contributed by atoms with E-state index in [0.29, 0.717) is 42.3 Å². The molecule has 1 aliphatic rings. The van der Waals surface area contributed by atoms with Gasteiger partial charge in [-0.05, 0) is 0 Å². The molecule has 1 aliphatic heterocycles. The second kappa shape index (κ2) is 26.2. The number of esters is 2. The van der Waals surface area contributed by atoms with E-state index in [4.69, 9.17) is 27.0 Å². The Balaban J connectivity index is 0.00000147. The van der Waals surface area contributed by atoms with E-state index in [0.717, 1.165) is 38.8 Å². The van der Waals surface area contributed by atoms with Crippen LogP contribution in [0.2, 0.25) is 0 Å². The zero-order chi connectivity index (χ0) is 39.0. The van der Waals surface area contributed by atoms with E-state index in [1.54, 1.807) is 0 Å². The van der Waals surface area contributed by atoms with Crippen LogP contribution in [-0.4, -0.2) is 79.7 Å². The van der Waals surface area contributed by atoms with Crippen molar-refractivity contribution in [2.75, 3.05) is 25.7 Å². The van der Waals surface area contributed by atoms with Gasteiger partial charge < -0.3 is 14.0 Å². The second-order valence-corrected chi connectivity index (χ2v) is 18.7. The number of methoxy groups -OCH3 is 2. The maximum absolute atomic E-state index is 11.3. The molecule has 0 fully saturated rings. The van der Waals surface area contributed by atoms with Crippen molar-refractivity contribution in [2.24, 2.45) is 0 Å². The molecule has 13 heteroatoms. The first-order valence-corrected chi connectivity index (χ1v) is 24.1. The first-order valence-electron chi connectivity index (χ1n) is 19.3. The summed E-state index contributed by atoms with van der Waals surface area (Å²) in [6.07, 6.45) is 27.4. The molecule has 0 saturated heterocycles. The molecule has 54 heavy (non-hydrogen) atoms. The van der Waals surface area contributed by atoms with Crippen molar-refractivity contribution in [3.05, 3.63) is 69.8 Å². The van der Waals surface area contributed by atoms with Gasteiger partial charge in [0.05, 0.1) is 14.2 Å². The molecule has 298 valence electrons. The average Bonchev–Trinajstić information content (AvgIpc) is 3.69. The zero-order valence-corrected chi connectivity index (χ0v) is 36.2. The van der Waals surface area contributed by atoms with Crippen molar-refractivity contribution in [2.45, 2.75) is 122 Å². The number of fused-ring (bicyclic) bond motifs is 2. The first-order chi connectivity index (χ1) is 26.1. The summed E-state index contributed by atoms with van der Waals surface area (Å²) in [6.45, 7) is 2.17. The minimum absolute atomic E-state index is 0.0877. The summed E-state index contributed by atoms with van der Waals surface area (Å²) >= 11 is 0.668. The summed E-state index contributed by atoms with van der Waals surface area (Å²) in [5.41, 5.74) is 2.81. The maximum atomic E-state index is 11.3. The molecule has 10 nitrogen and oxygen atoms in total. The van der Waals surface area contributed by atoms with Crippen molar-refractivity contribution in [1.29, 1.82) is 0 Å². The molecule has 0 unspecified atom stereocenters. The monoisotopic (exact) mass is 898 g/mol. The Morgan fingerprint density at radius 2 is 1.26 bits per heavy atom. The van der Waals surface area contributed by atoms with Crippen LogP contribution in [0.3, 0.4) is 0 Å². The van der Waals surface area contributed by atoms with Gasteiger partial charge in [-0.3, -0.25) is 14.1 Å². The standard InChI is InChI=1S/C41H57N2O4Se2.H2O4S/c1-46-40(44)30-15-11-7-3-5-9-13-21-32-42-34-24-17-19-26-36(34)48-38(42)28-23-29-39-43(35-25-18-20-27-37(35)49-39)33-22-14-10-6-4-8-12-16-31-41(45)47-2;1-5(2,3)4/h17-20,23-29H,3-16,21-22,30-33H2,1-2H3;(H2,1,2,3,4)/q+1;/p-1. The fourth-order valence-electron chi connectivity index (χ4n) is 6.43. The maximum Gasteiger partial charge on any atom is 0.215 e. The number of nitrogens with zero attached hydrogens (tertiary/aromatic N) is 2. The number of anilines is 1.